The number of hydrogen-bond donors (Lipinski definition) is 1. The van der Waals surface area contributed by atoms with Gasteiger partial charge >= 0.3 is 0 Å². The molecule has 3 aliphatic rings. The number of ether oxygens (including phenoxy) is 2. The first kappa shape index (κ1) is 21.3. The number of rotatable bonds is 6. The molecule has 0 aromatic carbocycles. The Morgan fingerprint density at radius 2 is 1.97 bits per heavy atom. The van der Waals surface area contributed by atoms with Crippen LogP contribution in [-0.2, 0) is 19.5 Å². The lowest BCUT2D eigenvalue weighted by molar-refractivity contribution is 0.170. The van der Waals surface area contributed by atoms with Crippen molar-refractivity contribution in [3.05, 3.63) is 40.3 Å². The predicted molar refractivity (Wildman–Crippen MR) is 126 cm³/mol. The number of hydrogen-bond acceptors (Lipinski definition) is 9. The Kier molecular flexibility index (Phi) is 5.76. The second kappa shape index (κ2) is 9.19. The van der Waals surface area contributed by atoms with Gasteiger partial charge in [0.1, 0.15) is 19.5 Å². The van der Waals surface area contributed by atoms with Gasteiger partial charge in [0.05, 0.1) is 23.0 Å². The molecule has 6 rings (SSSR count). The highest BCUT2D eigenvalue weighted by molar-refractivity contribution is 5.92. The number of aliphatic imine (C=N–C) groups is 1. The summed E-state index contributed by atoms with van der Waals surface area (Å²) in [7, 11) is 0. The Hall–Kier alpha value is -3.24. The van der Waals surface area contributed by atoms with Gasteiger partial charge in [0, 0.05) is 43.7 Å². The maximum atomic E-state index is 13.0. The van der Waals surface area contributed by atoms with Crippen LogP contribution in [0.5, 0.6) is 11.5 Å². The van der Waals surface area contributed by atoms with E-state index in [-0.39, 0.29) is 5.56 Å². The van der Waals surface area contributed by atoms with Crippen LogP contribution < -0.4 is 20.3 Å². The van der Waals surface area contributed by atoms with Crippen LogP contribution in [0.3, 0.4) is 0 Å². The molecule has 6 heterocycles. The molecule has 1 fully saturated rings. The molecule has 0 saturated carbocycles. The SMILES string of the molecule is O=c1c2nocc2c2c(n1CCN1CCC(NCc3cc4c(cn3)OCCO4)CC1)CCC=N2. The third-order valence-corrected chi connectivity index (χ3v) is 6.89. The molecule has 3 aliphatic heterocycles. The molecule has 10 heteroatoms. The van der Waals surface area contributed by atoms with E-state index in [4.69, 9.17) is 14.0 Å². The molecule has 0 amide bonds. The lowest BCUT2D eigenvalue weighted by Gasteiger charge is -2.33. The zero-order valence-electron chi connectivity index (χ0n) is 19.0. The third-order valence-electron chi connectivity index (χ3n) is 6.89. The summed E-state index contributed by atoms with van der Waals surface area (Å²) in [5.41, 5.74) is 3.07. The molecular weight excluding hydrogens is 436 g/mol. The summed E-state index contributed by atoms with van der Waals surface area (Å²) in [5.74, 6) is 1.50. The van der Waals surface area contributed by atoms with Gasteiger partial charge in [-0.3, -0.25) is 14.8 Å². The lowest BCUT2D eigenvalue weighted by Crippen LogP contribution is -2.44. The standard InChI is InChI=1S/C24H28N6O4/c31-24-23-18(15-34-28-23)22-19(2-1-5-25-22)30(24)9-8-29-6-3-16(4-7-29)26-13-17-12-20-21(14-27-17)33-11-10-32-20/h5,12,14-16,26H,1-4,6-11,13H2. The van der Waals surface area contributed by atoms with Crippen LogP contribution in [0.25, 0.3) is 10.9 Å². The van der Waals surface area contributed by atoms with Crippen molar-refractivity contribution in [2.75, 3.05) is 32.8 Å². The van der Waals surface area contributed by atoms with Gasteiger partial charge in [0.15, 0.2) is 17.0 Å². The molecule has 10 nitrogen and oxygen atoms in total. The maximum Gasteiger partial charge on any atom is 0.281 e. The van der Waals surface area contributed by atoms with Crippen LogP contribution in [-0.4, -0.2) is 64.7 Å². The monoisotopic (exact) mass is 464 g/mol. The average Bonchev–Trinajstić information content (AvgIpc) is 3.39. The molecule has 3 aromatic rings. The van der Waals surface area contributed by atoms with Crippen molar-refractivity contribution in [1.29, 1.82) is 0 Å². The summed E-state index contributed by atoms with van der Waals surface area (Å²) in [6.45, 7) is 5.32. The zero-order valence-corrected chi connectivity index (χ0v) is 19.0. The Morgan fingerprint density at radius 3 is 2.85 bits per heavy atom. The van der Waals surface area contributed by atoms with Gasteiger partial charge in [0.25, 0.3) is 5.56 Å². The molecule has 178 valence electrons. The van der Waals surface area contributed by atoms with Crippen molar-refractivity contribution in [2.45, 2.75) is 44.8 Å². The molecule has 0 unspecified atom stereocenters. The van der Waals surface area contributed by atoms with E-state index in [1.165, 1.54) is 6.26 Å². The van der Waals surface area contributed by atoms with Crippen LogP contribution in [0.1, 0.15) is 30.7 Å². The van der Waals surface area contributed by atoms with Crippen LogP contribution in [0.2, 0.25) is 0 Å². The molecule has 1 N–H and O–H groups in total. The Bertz CT molecular complexity index is 1270. The van der Waals surface area contributed by atoms with E-state index in [0.29, 0.717) is 43.2 Å². The molecule has 3 aromatic heterocycles. The summed E-state index contributed by atoms with van der Waals surface area (Å²) < 4.78 is 18.1. The number of nitrogens with zero attached hydrogens (tertiary/aromatic N) is 5. The molecule has 34 heavy (non-hydrogen) atoms. The first-order chi connectivity index (χ1) is 16.8. The predicted octanol–water partition coefficient (Wildman–Crippen LogP) is 2.06. The van der Waals surface area contributed by atoms with E-state index < -0.39 is 0 Å². The summed E-state index contributed by atoms with van der Waals surface area (Å²) in [5, 5.41) is 8.28. The van der Waals surface area contributed by atoms with E-state index >= 15 is 0 Å². The van der Waals surface area contributed by atoms with Crippen molar-refractivity contribution in [3.63, 3.8) is 0 Å². The van der Waals surface area contributed by atoms with E-state index in [2.05, 4.69) is 25.3 Å². The van der Waals surface area contributed by atoms with Gasteiger partial charge in [-0.1, -0.05) is 5.16 Å². The Balaban J connectivity index is 1.04. The third kappa shape index (κ3) is 4.07. The second-order valence-corrected chi connectivity index (χ2v) is 9.00. The summed E-state index contributed by atoms with van der Waals surface area (Å²) in [6, 6.07) is 2.41. The minimum atomic E-state index is -0.0805. The van der Waals surface area contributed by atoms with Gasteiger partial charge in [-0.25, -0.2) is 0 Å². The Labute approximate surface area is 196 Å². The summed E-state index contributed by atoms with van der Waals surface area (Å²) in [6.07, 6.45) is 8.96. The first-order valence-corrected chi connectivity index (χ1v) is 12.0. The van der Waals surface area contributed by atoms with E-state index in [1.807, 2.05) is 16.8 Å². The highest BCUT2D eigenvalue weighted by Gasteiger charge is 2.23. The minimum absolute atomic E-state index is 0.0805. The molecule has 0 bridgehead atoms. The summed E-state index contributed by atoms with van der Waals surface area (Å²) >= 11 is 0. The number of likely N-dealkylation sites (tertiary alicyclic amines) is 1. The van der Waals surface area contributed by atoms with Crippen LogP contribution in [0.4, 0.5) is 5.69 Å². The molecule has 0 radical (unpaired) electrons. The van der Waals surface area contributed by atoms with E-state index in [0.717, 1.165) is 73.9 Å². The Morgan fingerprint density at radius 1 is 1.12 bits per heavy atom. The molecule has 0 aliphatic carbocycles. The first-order valence-electron chi connectivity index (χ1n) is 12.0. The van der Waals surface area contributed by atoms with Gasteiger partial charge < -0.3 is 28.8 Å². The molecular formula is C24H28N6O4. The second-order valence-electron chi connectivity index (χ2n) is 9.00. The van der Waals surface area contributed by atoms with Crippen molar-refractivity contribution in [1.82, 2.24) is 24.9 Å². The molecule has 0 atom stereocenters. The molecule has 0 spiro atoms. The number of piperidine rings is 1. The largest absolute Gasteiger partial charge is 0.486 e. The van der Waals surface area contributed by atoms with Crippen LogP contribution in [0.15, 0.2) is 32.8 Å². The van der Waals surface area contributed by atoms with Crippen LogP contribution >= 0.6 is 0 Å². The maximum absolute atomic E-state index is 13.0. The molecule has 1 saturated heterocycles. The fourth-order valence-electron chi connectivity index (χ4n) is 5.02. The van der Waals surface area contributed by atoms with Crippen LogP contribution in [0, 0.1) is 0 Å². The van der Waals surface area contributed by atoms with E-state index in [9.17, 15) is 4.79 Å². The van der Waals surface area contributed by atoms with Gasteiger partial charge in [-0.2, -0.15) is 0 Å². The fourth-order valence-corrected chi connectivity index (χ4v) is 5.02. The smallest absolute Gasteiger partial charge is 0.281 e. The van der Waals surface area contributed by atoms with Crippen molar-refractivity contribution in [3.8, 4) is 11.5 Å². The minimum Gasteiger partial charge on any atom is -0.486 e. The van der Waals surface area contributed by atoms with Gasteiger partial charge in [-0.05, 0) is 38.8 Å². The van der Waals surface area contributed by atoms with Gasteiger partial charge in [-0.15, -0.1) is 0 Å². The average molecular weight is 465 g/mol. The van der Waals surface area contributed by atoms with Gasteiger partial charge in [0.2, 0.25) is 0 Å². The summed E-state index contributed by atoms with van der Waals surface area (Å²) in [4.78, 5) is 24.5. The normalized spacial score (nSPS) is 18.4. The highest BCUT2D eigenvalue weighted by atomic mass is 16.6. The number of pyridine rings is 2. The van der Waals surface area contributed by atoms with E-state index in [1.54, 1.807) is 6.20 Å². The number of fused-ring (bicyclic) bond motifs is 4. The topological polar surface area (TPSA) is 107 Å². The number of nitrogens with one attached hydrogen (secondary N) is 1. The van der Waals surface area contributed by atoms with Crippen molar-refractivity contribution >= 4 is 22.8 Å². The van der Waals surface area contributed by atoms with Crippen molar-refractivity contribution < 1.29 is 14.0 Å². The highest BCUT2D eigenvalue weighted by Crippen LogP contribution is 2.31. The number of aromatic nitrogens is 3. The lowest BCUT2D eigenvalue weighted by atomic mass is 10.0. The quantitative estimate of drug-likeness (QED) is 0.591. The zero-order chi connectivity index (χ0) is 22.9. The fraction of sp³-hybridized carbons (Fsp3) is 0.500. The van der Waals surface area contributed by atoms with Crippen molar-refractivity contribution in [2.24, 2.45) is 4.99 Å².